The number of hydrogen-bond donors (Lipinski definition) is 0. The van der Waals surface area contributed by atoms with Crippen LogP contribution < -0.4 is 4.74 Å². The van der Waals surface area contributed by atoms with E-state index in [4.69, 9.17) is 4.74 Å². The van der Waals surface area contributed by atoms with Gasteiger partial charge in [-0.25, -0.2) is 4.39 Å². The quantitative estimate of drug-likeness (QED) is 0.716. The predicted molar refractivity (Wildman–Crippen MR) is 55.9 cm³/mol. The second-order valence-corrected chi connectivity index (χ2v) is 3.84. The molecule has 0 amide bonds. The molecule has 0 aliphatic heterocycles. The summed E-state index contributed by atoms with van der Waals surface area (Å²) in [7, 11) is 0. The highest BCUT2D eigenvalue weighted by atomic mass is 19.1. The second kappa shape index (κ2) is 4.45. The maximum absolute atomic E-state index is 13.1. The molecule has 0 saturated carbocycles. The van der Waals surface area contributed by atoms with Crippen molar-refractivity contribution in [3.63, 3.8) is 0 Å². The van der Waals surface area contributed by atoms with Crippen LogP contribution in [0.3, 0.4) is 0 Å². The monoisotopic (exact) mass is 195 g/mol. The highest BCUT2D eigenvalue weighted by molar-refractivity contribution is 5.36. The molecule has 0 aromatic heterocycles. The molecule has 1 aromatic rings. The van der Waals surface area contributed by atoms with Crippen molar-refractivity contribution >= 4 is 0 Å². The molecule has 1 nitrogen and oxygen atoms in total. The molecule has 0 bridgehead atoms. The van der Waals surface area contributed by atoms with E-state index in [0.29, 0.717) is 5.75 Å². The van der Waals surface area contributed by atoms with Crippen LogP contribution in [0.1, 0.15) is 33.3 Å². The van der Waals surface area contributed by atoms with E-state index in [0.717, 1.165) is 11.5 Å². The fourth-order valence-corrected chi connectivity index (χ4v) is 1.19. The van der Waals surface area contributed by atoms with E-state index in [-0.39, 0.29) is 11.9 Å². The molecule has 1 rings (SSSR count). The van der Waals surface area contributed by atoms with Crippen molar-refractivity contribution in [1.29, 1.82) is 0 Å². The van der Waals surface area contributed by atoms with Crippen LogP contribution in [0, 0.1) is 11.7 Å². The third-order valence-corrected chi connectivity index (χ3v) is 1.82. The average Bonchev–Trinajstić information content (AvgIpc) is 2.01. The average molecular weight is 195 g/mol. The fourth-order valence-electron chi connectivity index (χ4n) is 1.19. The third-order valence-electron chi connectivity index (χ3n) is 1.82. The molecule has 14 heavy (non-hydrogen) atoms. The van der Waals surface area contributed by atoms with Gasteiger partial charge >= 0.3 is 0 Å². The minimum atomic E-state index is -0.251. The molecule has 0 saturated heterocycles. The Hall–Kier alpha value is -1.05. The Labute approximate surface area is 84.9 Å². The summed E-state index contributed by atoms with van der Waals surface area (Å²) in [6, 6.07) is 4.79. The number of ether oxygens (including phenoxy) is 1. The van der Waals surface area contributed by atoms with E-state index in [1.54, 1.807) is 0 Å². The highest BCUT2D eigenvalue weighted by Crippen LogP contribution is 2.22. The van der Waals surface area contributed by atoms with Crippen molar-refractivity contribution in [2.75, 3.05) is 0 Å². The van der Waals surface area contributed by atoms with Crippen LogP contribution in [0.15, 0.2) is 18.2 Å². The van der Waals surface area contributed by atoms with Gasteiger partial charge in [0.25, 0.3) is 0 Å². The van der Waals surface area contributed by atoms with Gasteiger partial charge in [-0.1, -0.05) is 13.8 Å². The van der Waals surface area contributed by atoms with Gasteiger partial charge in [0.15, 0.2) is 0 Å². The van der Waals surface area contributed by atoms with Crippen LogP contribution in [0.5, 0.6) is 5.75 Å². The molecule has 1 aromatic carbocycles. The van der Waals surface area contributed by atoms with Gasteiger partial charge in [0, 0.05) is 6.07 Å². The minimum absolute atomic E-state index is 0.0711. The summed E-state index contributed by atoms with van der Waals surface area (Å²) in [6.07, 6.45) is 0.0711. The van der Waals surface area contributed by atoms with Crippen molar-refractivity contribution in [2.45, 2.75) is 33.8 Å². The van der Waals surface area contributed by atoms with E-state index in [9.17, 15) is 4.39 Å². The van der Waals surface area contributed by atoms with E-state index in [1.807, 2.05) is 33.8 Å². The second-order valence-electron chi connectivity index (χ2n) is 3.84. The van der Waals surface area contributed by atoms with Gasteiger partial charge in [-0.15, -0.1) is 0 Å². The van der Waals surface area contributed by atoms with Crippen molar-refractivity contribution in [1.82, 2.24) is 0 Å². The zero-order chi connectivity index (χ0) is 10.7. The predicted octanol–water partition coefficient (Wildman–Crippen LogP) is 3.58. The Morgan fingerprint density at radius 3 is 2.36 bits per heavy atom. The molecule has 0 aliphatic carbocycles. The minimum Gasteiger partial charge on any atom is -0.491 e. The molecule has 2 heteroatoms. The zero-order valence-electron chi connectivity index (χ0n) is 9.10. The van der Waals surface area contributed by atoms with Gasteiger partial charge in [0.1, 0.15) is 11.6 Å². The first kappa shape index (κ1) is 11.0. The molecular weight excluding hydrogens is 179 g/mol. The molecule has 0 N–H and O–H groups in total. The maximum atomic E-state index is 13.1. The van der Waals surface area contributed by atoms with E-state index in [1.165, 1.54) is 12.1 Å². The van der Waals surface area contributed by atoms with Crippen molar-refractivity contribution in [2.24, 2.45) is 0 Å². The molecule has 77 valence electrons. The van der Waals surface area contributed by atoms with Crippen molar-refractivity contribution < 1.29 is 9.13 Å². The highest BCUT2D eigenvalue weighted by Gasteiger charge is 2.06. The molecule has 0 atom stereocenters. The van der Waals surface area contributed by atoms with Crippen molar-refractivity contribution in [3.05, 3.63) is 35.5 Å². The lowest BCUT2D eigenvalue weighted by atomic mass is 10.0. The smallest absolute Gasteiger partial charge is 0.127 e. The van der Waals surface area contributed by atoms with Crippen LogP contribution in [0.4, 0.5) is 4.39 Å². The standard InChI is InChI=1S/C12H16FO/c1-8(2)10-5-11(13)7-12(6-10)14-9(3)4/h5-7,9H,1-4H3. The first-order valence-corrected chi connectivity index (χ1v) is 4.77. The summed E-state index contributed by atoms with van der Waals surface area (Å²) < 4.78 is 18.6. The molecule has 0 unspecified atom stereocenters. The Morgan fingerprint density at radius 2 is 1.86 bits per heavy atom. The number of benzene rings is 1. The lowest BCUT2D eigenvalue weighted by Crippen LogP contribution is -2.06. The Kier molecular flexibility index (Phi) is 3.50. The largest absolute Gasteiger partial charge is 0.491 e. The Morgan fingerprint density at radius 1 is 1.21 bits per heavy atom. The van der Waals surface area contributed by atoms with E-state index >= 15 is 0 Å². The third kappa shape index (κ3) is 3.02. The normalized spacial score (nSPS) is 11.1. The topological polar surface area (TPSA) is 9.23 Å². The van der Waals surface area contributed by atoms with E-state index < -0.39 is 0 Å². The van der Waals surface area contributed by atoms with Crippen LogP contribution in [-0.4, -0.2) is 6.10 Å². The molecule has 0 aliphatic rings. The Bertz CT molecular complexity index is 305. The zero-order valence-corrected chi connectivity index (χ0v) is 9.10. The molecular formula is C12H16FO. The van der Waals surface area contributed by atoms with Gasteiger partial charge in [-0.05, 0) is 37.5 Å². The van der Waals surface area contributed by atoms with Gasteiger partial charge in [-0.3, -0.25) is 0 Å². The summed E-state index contributed by atoms with van der Waals surface area (Å²) in [5, 5.41) is 0. The molecule has 1 radical (unpaired) electrons. The molecule has 0 spiro atoms. The fraction of sp³-hybridized carbons (Fsp3) is 0.417. The van der Waals surface area contributed by atoms with Gasteiger partial charge in [-0.2, -0.15) is 0 Å². The maximum Gasteiger partial charge on any atom is 0.127 e. The van der Waals surface area contributed by atoms with Crippen molar-refractivity contribution in [3.8, 4) is 5.75 Å². The van der Waals surface area contributed by atoms with Gasteiger partial charge in [0.2, 0.25) is 0 Å². The SMILES string of the molecule is C[C](C)c1cc(F)cc(OC(C)C)c1. The van der Waals surface area contributed by atoms with Crippen LogP contribution in [0.25, 0.3) is 0 Å². The summed E-state index contributed by atoms with van der Waals surface area (Å²) in [5.74, 6) is 1.42. The van der Waals surface area contributed by atoms with Gasteiger partial charge < -0.3 is 4.74 Å². The molecule has 0 fully saturated rings. The van der Waals surface area contributed by atoms with Gasteiger partial charge in [0.05, 0.1) is 6.10 Å². The summed E-state index contributed by atoms with van der Waals surface area (Å²) in [6.45, 7) is 7.75. The first-order chi connectivity index (χ1) is 6.49. The first-order valence-electron chi connectivity index (χ1n) is 4.77. The van der Waals surface area contributed by atoms with E-state index in [2.05, 4.69) is 0 Å². The summed E-state index contributed by atoms with van der Waals surface area (Å²) >= 11 is 0. The summed E-state index contributed by atoms with van der Waals surface area (Å²) in [4.78, 5) is 0. The number of halogens is 1. The van der Waals surface area contributed by atoms with Crippen LogP contribution >= 0.6 is 0 Å². The van der Waals surface area contributed by atoms with Crippen LogP contribution in [-0.2, 0) is 0 Å². The number of hydrogen-bond acceptors (Lipinski definition) is 1. The lowest BCUT2D eigenvalue weighted by Gasteiger charge is -2.12. The molecule has 0 heterocycles. The van der Waals surface area contributed by atoms with Crippen LogP contribution in [0.2, 0.25) is 0 Å². The lowest BCUT2D eigenvalue weighted by molar-refractivity contribution is 0.241. The summed E-state index contributed by atoms with van der Waals surface area (Å²) in [5.41, 5.74) is 0.889. The Balaban J connectivity index is 2.95. The number of rotatable bonds is 3.